The molecule has 1 aromatic heterocycles. The molecule has 1 fully saturated rings. The third-order valence-corrected chi connectivity index (χ3v) is 6.28. The highest BCUT2D eigenvalue weighted by molar-refractivity contribution is 9.10. The summed E-state index contributed by atoms with van der Waals surface area (Å²) >= 11 is 5.28. The summed E-state index contributed by atoms with van der Waals surface area (Å²) in [5.74, 6) is 0.623. The van der Waals surface area contributed by atoms with E-state index in [0.29, 0.717) is 22.1 Å². The SMILES string of the molecule is CCOc1cc(C2C(c3ccccn3)N=C3SC(C)CN32)cc(Br)c1O. The number of aromatic hydroxyl groups is 1. The molecule has 0 amide bonds. The van der Waals surface area contributed by atoms with Crippen LogP contribution < -0.4 is 4.74 Å². The van der Waals surface area contributed by atoms with Gasteiger partial charge in [-0.3, -0.25) is 9.98 Å². The second kappa shape index (κ2) is 7.12. The van der Waals surface area contributed by atoms with Crippen molar-refractivity contribution in [1.82, 2.24) is 9.88 Å². The van der Waals surface area contributed by atoms with Gasteiger partial charge in [-0.15, -0.1) is 0 Å². The molecular formula is C19H20BrN3O2S. The lowest BCUT2D eigenvalue weighted by Crippen LogP contribution is -2.28. The van der Waals surface area contributed by atoms with E-state index < -0.39 is 0 Å². The van der Waals surface area contributed by atoms with Gasteiger partial charge in [0.05, 0.1) is 22.8 Å². The zero-order chi connectivity index (χ0) is 18.3. The first kappa shape index (κ1) is 17.7. The Labute approximate surface area is 165 Å². The van der Waals surface area contributed by atoms with Gasteiger partial charge < -0.3 is 14.7 Å². The van der Waals surface area contributed by atoms with Gasteiger partial charge >= 0.3 is 0 Å². The van der Waals surface area contributed by atoms with Gasteiger partial charge in [0.2, 0.25) is 0 Å². The molecular weight excluding hydrogens is 414 g/mol. The molecule has 1 N–H and O–H groups in total. The summed E-state index contributed by atoms with van der Waals surface area (Å²) in [5.41, 5.74) is 2.01. The van der Waals surface area contributed by atoms with Gasteiger partial charge in [0, 0.05) is 18.0 Å². The Morgan fingerprint density at radius 2 is 2.23 bits per heavy atom. The summed E-state index contributed by atoms with van der Waals surface area (Å²) in [6, 6.07) is 9.79. The number of benzene rings is 1. The molecule has 2 aliphatic heterocycles. The van der Waals surface area contributed by atoms with E-state index in [1.54, 1.807) is 0 Å². The number of pyridine rings is 1. The highest BCUT2D eigenvalue weighted by atomic mass is 79.9. The highest BCUT2D eigenvalue weighted by Crippen LogP contribution is 2.49. The minimum absolute atomic E-state index is 0.0356. The Hall–Kier alpha value is -1.73. The predicted molar refractivity (Wildman–Crippen MR) is 108 cm³/mol. The minimum atomic E-state index is -0.0721. The third kappa shape index (κ3) is 3.07. The lowest BCUT2D eigenvalue weighted by atomic mass is 9.96. The Morgan fingerprint density at radius 3 is 2.96 bits per heavy atom. The van der Waals surface area contributed by atoms with Crippen molar-refractivity contribution in [3.05, 3.63) is 52.3 Å². The Bertz CT molecular complexity index is 846. The van der Waals surface area contributed by atoms with Crippen LogP contribution in [-0.4, -0.2) is 38.6 Å². The fourth-order valence-electron chi connectivity index (χ4n) is 3.51. The van der Waals surface area contributed by atoms with Crippen molar-refractivity contribution in [3.8, 4) is 11.5 Å². The number of ether oxygens (including phenoxy) is 1. The standard InChI is InChI=1S/C19H20BrN3O2S/c1-3-25-15-9-12(8-13(20)18(15)24)17-16(14-6-4-5-7-21-14)22-19-23(17)10-11(2)26-19/h4-9,11,16-17,24H,3,10H2,1-2H3. The number of hydrogen-bond acceptors (Lipinski definition) is 6. The highest BCUT2D eigenvalue weighted by Gasteiger charge is 2.43. The van der Waals surface area contributed by atoms with E-state index in [1.165, 1.54) is 0 Å². The van der Waals surface area contributed by atoms with Crippen LogP contribution >= 0.6 is 27.7 Å². The number of aliphatic imine (C=N–C) groups is 1. The van der Waals surface area contributed by atoms with Crippen LogP contribution in [-0.2, 0) is 0 Å². The van der Waals surface area contributed by atoms with E-state index in [1.807, 2.05) is 55.2 Å². The lowest BCUT2D eigenvalue weighted by Gasteiger charge is -2.28. The number of phenolic OH excluding ortho intramolecular Hbond substituents is 1. The van der Waals surface area contributed by atoms with Crippen LogP contribution in [0.5, 0.6) is 11.5 Å². The molecule has 3 unspecified atom stereocenters. The van der Waals surface area contributed by atoms with E-state index in [0.717, 1.165) is 23.0 Å². The number of aromatic nitrogens is 1. The average Bonchev–Trinajstić information content (AvgIpc) is 3.15. The van der Waals surface area contributed by atoms with Gasteiger partial charge in [-0.2, -0.15) is 0 Å². The average molecular weight is 434 g/mol. The number of rotatable bonds is 4. The van der Waals surface area contributed by atoms with Crippen molar-refractivity contribution in [2.24, 2.45) is 4.99 Å². The van der Waals surface area contributed by atoms with Crippen molar-refractivity contribution < 1.29 is 9.84 Å². The van der Waals surface area contributed by atoms with Crippen LogP contribution in [0.15, 0.2) is 46.0 Å². The molecule has 0 saturated carbocycles. The van der Waals surface area contributed by atoms with E-state index >= 15 is 0 Å². The maximum atomic E-state index is 10.3. The van der Waals surface area contributed by atoms with Gasteiger partial charge in [0.25, 0.3) is 0 Å². The summed E-state index contributed by atoms with van der Waals surface area (Å²) < 4.78 is 6.27. The van der Waals surface area contributed by atoms with Crippen LogP contribution in [0.1, 0.15) is 37.2 Å². The van der Waals surface area contributed by atoms with Crippen LogP contribution in [0.2, 0.25) is 0 Å². The number of thioether (sulfide) groups is 1. The molecule has 136 valence electrons. The van der Waals surface area contributed by atoms with Gasteiger partial charge in [-0.1, -0.05) is 24.8 Å². The van der Waals surface area contributed by atoms with E-state index in [-0.39, 0.29) is 17.8 Å². The van der Waals surface area contributed by atoms with E-state index in [9.17, 15) is 5.11 Å². The Morgan fingerprint density at radius 1 is 1.38 bits per heavy atom. The fraction of sp³-hybridized carbons (Fsp3) is 0.368. The van der Waals surface area contributed by atoms with Crippen molar-refractivity contribution in [3.63, 3.8) is 0 Å². The summed E-state index contributed by atoms with van der Waals surface area (Å²) in [7, 11) is 0. The first-order valence-electron chi connectivity index (χ1n) is 8.65. The zero-order valence-electron chi connectivity index (χ0n) is 14.6. The number of amidine groups is 1. The molecule has 3 atom stereocenters. The molecule has 3 heterocycles. The monoisotopic (exact) mass is 433 g/mol. The number of fused-ring (bicyclic) bond motifs is 1. The zero-order valence-corrected chi connectivity index (χ0v) is 17.0. The minimum Gasteiger partial charge on any atom is -0.503 e. The second-order valence-corrected chi connectivity index (χ2v) is 8.68. The van der Waals surface area contributed by atoms with E-state index in [2.05, 4.69) is 32.7 Å². The van der Waals surface area contributed by atoms with Crippen LogP contribution in [0.3, 0.4) is 0 Å². The molecule has 2 aliphatic rings. The quantitative estimate of drug-likeness (QED) is 0.766. The van der Waals surface area contributed by atoms with Gasteiger partial charge in [0.15, 0.2) is 16.7 Å². The maximum Gasteiger partial charge on any atom is 0.172 e. The van der Waals surface area contributed by atoms with Crippen molar-refractivity contribution in [1.29, 1.82) is 0 Å². The summed E-state index contributed by atoms with van der Waals surface area (Å²) in [6.45, 7) is 5.57. The molecule has 7 heteroatoms. The molecule has 4 rings (SSSR count). The van der Waals surface area contributed by atoms with Crippen molar-refractivity contribution in [2.45, 2.75) is 31.2 Å². The summed E-state index contributed by atoms with van der Waals surface area (Å²) in [4.78, 5) is 11.9. The Kier molecular flexibility index (Phi) is 4.84. The second-order valence-electron chi connectivity index (χ2n) is 6.42. The van der Waals surface area contributed by atoms with Gasteiger partial charge in [0.1, 0.15) is 6.04 Å². The third-order valence-electron chi connectivity index (χ3n) is 4.57. The molecule has 0 bridgehead atoms. The predicted octanol–water partition coefficient (Wildman–Crippen LogP) is 4.54. The normalized spacial score (nSPS) is 24.5. The van der Waals surface area contributed by atoms with Crippen LogP contribution in [0, 0.1) is 0 Å². The molecule has 2 aromatic rings. The van der Waals surface area contributed by atoms with Gasteiger partial charge in [-0.05, 0) is 52.7 Å². The summed E-state index contributed by atoms with van der Waals surface area (Å²) in [6.07, 6.45) is 1.81. The lowest BCUT2D eigenvalue weighted by molar-refractivity contribution is 0.306. The maximum absolute atomic E-state index is 10.3. The van der Waals surface area contributed by atoms with Crippen LogP contribution in [0.4, 0.5) is 0 Å². The number of nitrogens with zero attached hydrogens (tertiary/aromatic N) is 3. The molecule has 1 aromatic carbocycles. The molecule has 26 heavy (non-hydrogen) atoms. The van der Waals surface area contributed by atoms with Crippen molar-refractivity contribution >= 4 is 32.9 Å². The first-order valence-corrected chi connectivity index (χ1v) is 10.3. The topological polar surface area (TPSA) is 58.0 Å². The molecule has 0 radical (unpaired) electrons. The van der Waals surface area contributed by atoms with Gasteiger partial charge in [-0.25, -0.2) is 0 Å². The van der Waals surface area contributed by atoms with Crippen molar-refractivity contribution in [2.75, 3.05) is 13.2 Å². The molecule has 0 aliphatic carbocycles. The van der Waals surface area contributed by atoms with Crippen LogP contribution in [0.25, 0.3) is 0 Å². The first-order chi connectivity index (χ1) is 12.6. The summed E-state index contributed by atoms with van der Waals surface area (Å²) in [5, 5.41) is 11.9. The fourth-order valence-corrected chi connectivity index (χ4v) is 5.06. The largest absolute Gasteiger partial charge is 0.503 e. The molecule has 1 saturated heterocycles. The number of phenols is 1. The smallest absolute Gasteiger partial charge is 0.172 e. The molecule has 0 spiro atoms. The number of hydrogen-bond donors (Lipinski definition) is 1. The Balaban J connectivity index is 1.80. The molecule has 5 nitrogen and oxygen atoms in total. The number of halogens is 1. The van der Waals surface area contributed by atoms with E-state index in [4.69, 9.17) is 9.73 Å².